The number of carbonyl (C=O) groups is 1. The molecule has 0 spiro atoms. The summed E-state index contributed by atoms with van der Waals surface area (Å²) < 4.78 is 0. The van der Waals surface area contributed by atoms with E-state index >= 15 is 0 Å². The maximum atomic E-state index is 10.7. The first-order valence-corrected chi connectivity index (χ1v) is 4.38. The van der Waals surface area contributed by atoms with Crippen molar-refractivity contribution < 1.29 is 9.90 Å². The Morgan fingerprint density at radius 1 is 1.58 bits per heavy atom. The van der Waals surface area contributed by atoms with Gasteiger partial charge in [0.05, 0.1) is 5.92 Å². The van der Waals surface area contributed by atoms with Crippen LogP contribution >= 0.6 is 11.6 Å². The average Bonchev–Trinajstić information content (AvgIpc) is 1.84. The van der Waals surface area contributed by atoms with Crippen molar-refractivity contribution in [3.8, 4) is 0 Å². The molecular formula is C9H15ClO2. The molecule has 0 aromatic rings. The van der Waals surface area contributed by atoms with E-state index in [-0.39, 0.29) is 11.8 Å². The van der Waals surface area contributed by atoms with Crippen molar-refractivity contribution >= 4 is 17.6 Å². The molecule has 3 heteroatoms. The maximum absolute atomic E-state index is 10.7. The lowest BCUT2D eigenvalue weighted by Gasteiger charge is -2.13. The monoisotopic (exact) mass is 190 g/mol. The van der Waals surface area contributed by atoms with Gasteiger partial charge in [0, 0.05) is 5.03 Å². The molecule has 70 valence electrons. The molecule has 0 aliphatic heterocycles. The molecule has 12 heavy (non-hydrogen) atoms. The molecule has 0 bridgehead atoms. The Bertz CT molecular complexity index is 181. The third-order valence-electron chi connectivity index (χ3n) is 1.77. The third kappa shape index (κ3) is 4.39. The summed E-state index contributed by atoms with van der Waals surface area (Å²) in [5, 5.41) is 9.44. The second-order valence-corrected chi connectivity index (χ2v) is 3.81. The Kier molecular flexibility index (Phi) is 4.98. The first kappa shape index (κ1) is 11.5. The summed E-state index contributed by atoms with van der Waals surface area (Å²) in [5.41, 5.74) is 0. The first-order valence-electron chi connectivity index (χ1n) is 4.00. The van der Waals surface area contributed by atoms with Crippen LogP contribution in [-0.2, 0) is 4.79 Å². The largest absolute Gasteiger partial charge is 0.481 e. The van der Waals surface area contributed by atoms with Crippen LogP contribution in [0.5, 0.6) is 0 Å². The Morgan fingerprint density at radius 3 is 2.33 bits per heavy atom. The summed E-state index contributed by atoms with van der Waals surface area (Å²) in [7, 11) is 0. The van der Waals surface area contributed by atoms with E-state index in [2.05, 4.69) is 0 Å². The van der Waals surface area contributed by atoms with E-state index in [4.69, 9.17) is 16.7 Å². The zero-order valence-corrected chi connectivity index (χ0v) is 8.43. The molecule has 0 rings (SSSR count). The number of hydrogen-bond donors (Lipinski definition) is 1. The molecular weight excluding hydrogens is 176 g/mol. The molecule has 2 nitrogen and oxygen atoms in total. The van der Waals surface area contributed by atoms with Gasteiger partial charge in [-0.05, 0) is 19.3 Å². The van der Waals surface area contributed by atoms with Crippen molar-refractivity contribution in [2.75, 3.05) is 0 Å². The molecule has 1 atom stereocenters. The van der Waals surface area contributed by atoms with Crippen LogP contribution in [0.2, 0.25) is 0 Å². The van der Waals surface area contributed by atoms with Gasteiger partial charge in [-0.1, -0.05) is 31.5 Å². The molecule has 0 amide bonds. The molecule has 0 aliphatic carbocycles. The second kappa shape index (κ2) is 5.20. The third-order valence-corrected chi connectivity index (χ3v) is 1.93. The van der Waals surface area contributed by atoms with Crippen LogP contribution in [0.4, 0.5) is 0 Å². The number of halogens is 1. The van der Waals surface area contributed by atoms with E-state index < -0.39 is 5.97 Å². The predicted octanol–water partition coefficient (Wildman–Crippen LogP) is 2.88. The minimum absolute atomic E-state index is 0.148. The van der Waals surface area contributed by atoms with Gasteiger partial charge in [0.25, 0.3) is 0 Å². The highest BCUT2D eigenvalue weighted by Gasteiger charge is 2.19. The topological polar surface area (TPSA) is 37.3 Å². The van der Waals surface area contributed by atoms with Gasteiger partial charge in [0.1, 0.15) is 0 Å². The zero-order chi connectivity index (χ0) is 9.72. The molecule has 0 aromatic heterocycles. The number of aliphatic carboxylic acids is 1. The van der Waals surface area contributed by atoms with Gasteiger partial charge in [-0.2, -0.15) is 0 Å². The highest BCUT2D eigenvalue weighted by molar-refractivity contribution is 6.29. The van der Waals surface area contributed by atoms with Crippen LogP contribution in [0, 0.1) is 11.8 Å². The van der Waals surface area contributed by atoms with Crippen molar-refractivity contribution in [2.45, 2.75) is 27.2 Å². The SMILES string of the molecule is C/C(Cl)=C\C[C@H](C(=O)O)C(C)C. The molecule has 0 unspecified atom stereocenters. The molecule has 0 saturated heterocycles. The highest BCUT2D eigenvalue weighted by Crippen LogP contribution is 2.17. The Hall–Kier alpha value is -0.500. The van der Waals surface area contributed by atoms with Crippen molar-refractivity contribution in [2.24, 2.45) is 11.8 Å². The van der Waals surface area contributed by atoms with E-state index in [0.717, 1.165) is 0 Å². The lowest BCUT2D eigenvalue weighted by molar-refractivity contribution is -0.143. The van der Waals surface area contributed by atoms with Crippen molar-refractivity contribution in [1.82, 2.24) is 0 Å². The Morgan fingerprint density at radius 2 is 2.08 bits per heavy atom. The van der Waals surface area contributed by atoms with Gasteiger partial charge >= 0.3 is 5.97 Å². The lowest BCUT2D eigenvalue weighted by atomic mass is 9.93. The summed E-state index contributed by atoms with van der Waals surface area (Å²) in [5.74, 6) is -0.923. The van der Waals surface area contributed by atoms with Crippen LogP contribution in [0.15, 0.2) is 11.1 Å². The lowest BCUT2D eigenvalue weighted by Crippen LogP contribution is -2.18. The maximum Gasteiger partial charge on any atom is 0.307 e. The summed E-state index contributed by atoms with van der Waals surface area (Å²) in [4.78, 5) is 10.7. The fraction of sp³-hybridized carbons (Fsp3) is 0.667. The van der Waals surface area contributed by atoms with Crippen LogP contribution in [0.1, 0.15) is 27.2 Å². The molecule has 1 N–H and O–H groups in total. The quantitative estimate of drug-likeness (QED) is 0.740. The fourth-order valence-corrected chi connectivity index (χ4v) is 1.04. The Balaban J connectivity index is 4.15. The minimum Gasteiger partial charge on any atom is -0.481 e. The summed E-state index contributed by atoms with van der Waals surface area (Å²) >= 11 is 5.60. The molecule has 0 aromatic carbocycles. The number of allylic oxidation sites excluding steroid dienone is 2. The number of carboxylic acid groups (broad SMARTS) is 1. The molecule has 0 heterocycles. The number of rotatable bonds is 4. The van der Waals surface area contributed by atoms with Crippen LogP contribution < -0.4 is 0 Å². The van der Waals surface area contributed by atoms with Gasteiger partial charge in [-0.3, -0.25) is 4.79 Å². The number of hydrogen-bond acceptors (Lipinski definition) is 1. The van der Waals surface area contributed by atoms with Gasteiger partial charge in [0.15, 0.2) is 0 Å². The smallest absolute Gasteiger partial charge is 0.307 e. The minimum atomic E-state index is -0.751. The van der Waals surface area contributed by atoms with Gasteiger partial charge in [-0.25, -0.2) is 0 Å². The molecule has 0 fully saturated rings. The van der Waals surface area contributed by atoms with E-state index in [1.165, 1.54) is 0 Å². The van der Waals surface area contributed by atoms with Crippen molar-refractivity contribution in [3.05, 3.63) is 11.1 Å². The normalized spacial score (nSPS) is 14.9. The average molecular weight is 191 g/mol. The fourth-order valence-electron chi connectivity index (χ4n) is 0.947. The van der Waals surface area contributed by atoms with E-state index in [9.17, 15) is 4.79 Å². The Labute approximate surface area is 78.2 Å². The first-order chi connectivity index (χ1) is 5.45. The van der Waals surface area contributed by atoms with Crippen LogP contribution in [-0.4, -0.2) is 11.1 Å². The van der Waals surface area contributed by atoms with E-state index in [1.54, 1.807) is 13.0 Å². The molecule has 0 radical (unpaired) electrons. The standard InChI is InChI=1S/C9H15ClO2/c1-6(2)8(9(11)12)5-4-7(3)10/h4,6,8H,5H2,1-3H3,(H,11,12)/b7-4+/t8-/m0/s1. The highest BCUT2D eigenvalue weighted by atomic mass is 35.5. The van der Waals surface area contributed by atoms with Crippen molar-refractivity contribution in [3.63, 3.8) is 0 Å². The molecule has 0 saturated carbocycles. The van der Waals surface area contributed by atoms with Gasteiger partial charge in [-0.15, -0.1) is 0 Å². The predicted molar refractivity (Wildman–Crippen MR) is 50.2 cm³/mol. The molecule has 0 aliphatic rings. The van der Waals surface area contributed by atoms with Gasteiger partial charge in [0.2, 0.25) is 0 Å². The van der Waals surface area contributed by atoms with Gasteiger partial charge < -0.3 is 5.11 Å². The van der Waals surface area contributed by atoms with Crippen LogP contribution in [0.3, 0.4) is 0 Å². The van der Waals surface area contributed by atoms with E-state index in [0.29, 0.717) is 11.5 Å². The second-order valence-electron chi connectivity index (χ2n) is 3.22. The zero-order valence-electron chi connectivity index (χ0n) is 7.67. The van der Waals surface area contributed by atoms with Crippen LogP contribution in [0.25, 0.3) is 0 Å². The summed E-state index contributed by atoms with van der Waals surface area (Å²) in [6, 6.07) is 0. The number of carboxylic acids is 1. The van der Waals surface area contributed by atoms with Crippen molar-refractivity contribution in [1.29, 1.82) is 0 Å². The van der Waals surface area contributed by atoms with E-state index in [1.807, 2.05) is 13.8 Å². The summed E-state index contributed by atoms with van der Waals surface area (Å²) in [6.45, 7) is 5.55. The summed E-state index contributed by atoms with van der Waals surface area (Å²) in [6.07, 6.45) is 2.27.